The molecule has 1 aliphatic carbocycles. The Kier molecular flexibility index (Phi) is 4.66. The van der Waals surface area contributed by atoms with Crippen LogP contribution in [0, 0.1) is 18.2 Å². The smallest absolute Gasteiger partial charge is 0.257 e. The van der Waals surface area contributed by atoms with Crippen molar-refractivity contribution in [2.24, 2.45) is 0 Å². The highest BCUT2D eigenvalue weighted by atomic mass is 32.2. The Labute approximate surface area is 138 Å². The Morgan fingerprint density at radius 2 is 2.04 bits per heavy atom. The van der Waals surface area contributed by atoms with E-state index in [1.807, 2.05) is 6.07 Å². The number of nitrogens with one attached hydrogen (secondary N) is 2. The standard InChI is InChI=1S/C18H19FN2OS/c1-11-6-7-12(8-16(11)19)10-23-18-14-5-3-2-4-13(14)15(9-20)17(22)21-18/h6-9,20H,2-5,10H2,1H3,(H,21,22). The third kappa shape index (κ3) is 3.24. The van der Waals surface area contributed by atoms with E-state index in [1.54, 1.807) is 19.1 Å². The van der Waals surface area contributed by atoms with E-state index in [-0.39, 0.29) is 11.4 Å². The monoisotopic (exact) mass is 330 g/mol. The minimum Gasteiger partial charge on any atom is -0.316 e. The molecule has 0 saturated heterocycles. The van der Waals surface area contributed by atoms with Crippen molar-refractivity contribution in [3.05, 3.63) is 62.2 Å². The predicted octanol–water partition coefficient (Wildman–Crippen LogP) is 3.99. The van der Waals surface area contributed by atoms with Crippen LogP contribution in [-0.4, -0.2) is 11.2 Å². The zero-order valence-electron chi connectivity index (χ0n) is 13.0. The van der Waals surface area contributed by atoms with Gasteiger partial charge in [0.05, 0.1) is 10.6 Å². The number of hydrogen-bond donors (Lipinski definition) is 2. The van der Waals surface area contributed by atoms with Gasteiger partial charge in [-0.05, 0) is 60.9 Å². The van der Waals surface area contributed by atoms with E-state index in [9.17, 15) is 9.18 Å². The molecule has 1 heterocycles. The maximum atomic E-state index is 13.6. The van der Waals surface area contributed by atoms with Gasteiger partial charge in [-0.2, -0.15) is 0 Å². The molecule has 2 N–H and O–H groups in total. The molecule has 2 aromatic rings. The average molecular weight is 330 g/mol. The number of aromatic nitrogens is 1. The fourth-order valence-corrected chi connectivity index (χ4v) is 4.05. The molecule has 0 unspecified atom stereocenters. The molecule has 1 aliphatic rings. The molecule has 3 rings (SSSR count). The number of aryl methyl sites for hydroxylation is 1. The molecule has 3 nitrogen and oxygen atoms in total. The Morgan fingerprint density at radius 1 is 1.30 bits per heavy atom. The number of thioether (sulfide) groups is 1. The van der Waals surface area contributed by atoms with Crippen molar-refractivity contribution in [2.45, 2.75) is 43.4 Å². The van der Waals surface area contributed by atoms with Gasteiger partial charge in [-0.1, -0.05) is 12.1 Å². The van der Waals surface area contributed by atoms with E-state index in [4.69, 9.17) is 5.41 Å². The number of aromatic amines is 1. The minimum absolute atomic E-state index is 0.196. The zero-order chi connectivity index (χ0) is 16.4. The van der Waals surface area contributed by atoms with Crippen LogP contribution in [0.3, 0.4) is 0 Å². The first-order valence-corrected chi connectivity index (χ1v) is 8.75. The summed E-state index contributed by atoms with van der Waals surface area (Å²) in [5, 5.41) is 8.35. The minimum atomic E-state index is -0.197. The molecule has 5 heteroatoms. The van der Waals surface area contributed by atoms with Crippen LogP contribution in [0.4, 0.5) is 4.39 Å². The van der Waals surface area contributed by atoms with E-state index < -0.39 is 0 Å². The third-order valence-electron chi connectivity index (χ3n) is 4.30. The van der Waals surface area contributed by atoms with Crippen molar-refractivity contribution in [1.82, 2.24) is 4.98 Å². The van der Waals surface area contributed by atoms with Gasteiger partial charge in [0, 0.05) is 12.0 Å². The molecule has 1 aromatic heterocycles. The lowest BCUT2D eigenvalue weighted by molar-refractivity contribution is 0.617. The second-order valence-corrected chi connectivity index (χ2v) is 6.86. The maximum absolute atomic E-state index is 13.6. The van der Waals surface area contributed by atoms with E-state index in [2.05, 4.69) is 4.98 Å². The average Bonchev–Trinajstić information content (AvgIpc) is 2.56. The number of H-pyrrole nitrogens is 1. The second-order valence-electron chi connectivity index (χ2n) is 5.88. The summed E-state index contributed by atoms with van der Waals surface area (Å²) in [4.78, 5) is 15.1. The highest BCUT2D eigenvalue weighted by Gasteiger charge is 2.19. The van der Waals surface area contributed by atoms with Crippen LogP contribution in [0.25, 0.3) is 0 Å². The normalized spacial score (nSPS) is 13.7. The van der Waals surface area contributed by atoms with Gasteiger partial charge in [-0.3, -0.25) is 4.79 Å². The molecule has 0 atom stereocenters. The van der Waals surface area contributed by atoms with Gasteiger partial charge in [0.1, 0.15) is 5.82 Å². The summed E-state index contributed by atoms with van der Waals surface area (Å²) in [5.74, 6) is 0.418. The SMILES string of the molecule is Cc1ccc(CSc2[nH]c(=O)c(C=N)c3c2CCCC3)cc1F. The van der Waals surface area contributed by atoms with Crippen LogP contribution in [-0.2, 0) is 18.6 Å². The largest absolute Gasteiger partial charge is 0.316 e. The Hall–Kier alpha value is -1.88. The molecule has 0 bridgehead atoms. The van der Waals surface area contributed by atoms with Crippen LogP contribution in [0.5, 0.6) is 0 Å². The number of pyridine rings is 1. The second kappa shape index (κ2) is 6.71. The number of benzene rings is 1. The first kappa shape index (κ1) is 16.0. The van der Waals surface area contributed by atoms with E-state index in [0.29, 0.717) is 16.9 Å². The summed E-state index contributed by atoms with van der Waals surface area (Å²) in [7, 11) is 0. The lowest BCUT2D eigenvalue weighted by atomic mass is 9.90. The van der Waals surface area contributed by atoms with Gasteiger partial charge >= 0.3 is 0 Å². The Morgan fingerprint density at radius 3 is 2.74 bits per heavy atom. The van der Waals surface area contributed by atoms with Gasteiger partial charge in [0.2, 0.25) is 0 Å². The van der Waals surface area contributed by atoms with Crippen molar-refractivity contribution in [2.75, 3.05) is 0 Å². The number of halogens is 1. The molecule has 0 saturated carbocycles. The molecule has 120 valence electrons. The number of fused-ring (bicyclic) bond motifs is 1. The van der Waals surface area contributed by atoms with E-state index >= 15 is 0 Å². The first-order chi connectivity index (χ1) is 11.1. The quantitative estimate of drug-likeness (QED) is 0.658. The van der Waals surface area contributed by atoms with Crippen molar-refractivity contribution >= 4 is 18.0 Å². The third-order valence-corrected chi connectivity index (χ3v) is 5.42. The van der Waals surface area contributed by atoms with Crippen LogP contribution in [0.1, 0.15) is 40.7 Å². The molecule has 1 aromatic carbocycles. The fraction of sp³-hybridized carbons (Fsp3) is 0.333. The molecule has 0 aliphatic heterocycles. The maximum Gasteiger partial charge on any atom is 0.257 e. The zero-order valence-corrected chi connectivity index (χ0v) is 13.9. The summed E-state index contributed by atoms with van der Waals surface area (Å²) in [6.07, 6.45) is 5.11. The summed E-state index contributed by atoms with van der Waals surface area (Å²) < 4.78 is 13.6. The fourth-order valence-electron chi connectivity index (χ4n) is 2.99. The highest BCUT2D eigenvalue weighted by Crippen LogP contribution is 2.31. The predicted molar refractivity (Wildman–Crippen MR) is 92.3 cm³/mol. The van der Waals surface area contributed by atoms with E-state index in [0.717, 1.165) is 53.6 Å². The molecule has 23 heavy (non-hydrogen) atoms. The van der Waals surface area contributed by atoms with Crippen molar-refractivity contribution < 1.29 is 4.39 Å². The molecular formula is C18H19FN2OS. The van der Waals surface area contributed by atoms with Gasteiger partial charge < -0.3 is 10.4 Å². The lowest BCUT2D eigenvalue weighted by Gasteiger charge is -2.20. The van der Waals surface area contributed by atoms with Gasteiger partial charge in [0.25, 0.3) is 5.56 Å². The van der Waals surface area contributed by atoms with Gasteiger partial charge in [0.15, 0.2) is 0 Å². The van der Waals surface area contributed by atoms with Crippen molar-refractivity contribution in [1.29, 1.82) is 5.41 Å². The van der Waals surface area contributed by atoms with Crippen LogP contribution in [0.15, 0.2) is 28.0 Å². The van der Waals surface area contributed by atoms with Crippen molar-refractivity contribution in [3.8, 4) is 0 Å². The Bertz CT molecular complexity index is 813. The Balaban J connectivity index is 1.91. The molecule has 0 radical (unpaired) electrons. The summed E-state index contributed by atoms with van der Waals surface area (Å²) in [6, 6.07) is 5.25. The summed E-state index contributed by atoms with van der Waals surface area (Å²) in [6.45, 7) is 1.75. The molecule has 0 fully saturated rings. The highest BCUT2D eigenvalue weighted by molar-refractivity contribution is 7.98. The summed E-state index contributed by atoms with van der Waals surface area (Å²) in [5.41, 5.74) is 4.02. The molecule has 0 spiro atoms. The lowest BCUT2D eigenvalue weighted by Crippen LogP contribution is -2.21. The van der Waals surface area contributed by atoms with Crippen LogP contribution < -0.4 is 5.56 Å². The molecule has 0 amide bonds. The first-order valence-electron chi connectivity index (χ1n) is 7.76. The van der Waals surface area contributed by atoms with Gasteiger partial charge in [-0.25, -0.2) is 4.39 Å². The number of rotatable bonds is 4. The molecular weight excluding hydrogens is 311 g/mol. The van der Waals surface area contributed by atoms with E-state index in [1.165, 1.54) is 11.8 Å². The number of hydrogen-bond acceptors (Lipinski definition) is 3. The van der Waals surface area contributed by atoms with Crippen LogP contribution in [0.2, 0.25) is 0 Å². The van der Waals surface area contributed by atoms with Crippen molar-refractivity contribution in [3.63, 3.8) is 0 Å². The van der Waals surface area contributed by atoms with Gasteiger partial charge in [-0.15, -0.1) is 11.8 Å². The topological polar surface area (TPSA) is 56.7 Å². The summed E-state index contributed by atoms with van der Waals surface area (Å²) >= 11 is 1.54. The van der Waals surface area contributed by atoms with Crippen LogP contribution >= 0.6 is 11.8 Å².